The molecular formula is C12H13Br2NO3S. The maximum atomic E-state index is 12.0. The van der Waals surface area contributed by atoms with Crippen molar-refractivity contribution < 1.29 is 14.7 Å². The number of thiophene rings is 1. The Balaban J connectivity index is 1.94. The van der Waals surface area contributed by atoms with Crippen LogP contribution in [0, 0.1) is 11.8 Å². The van der Waals surface area contributed by atoms with E-state index in [0.717, 1.165) is 20.4 Å². The molecule has 1 aliphatic carbocycles. The number of halogens is 2. The maximum absolute atomic E-state index is 12.0. The molecule has 2 N–H and O–H groups in total. The van der Waals surface area contributed by atoms with Gasteiger partial charge in [-0.15, -0.1) is 11.3 Å². The zero-order valence-corrected chi connectivity index (χ0v) is 14.0. The predicted octanol–water partition coefficient (Wildman–Crippen LogP) is 3.50. The van der Waals surface area contributed by atoms with Crippen LogP contribution >= 0.6 is 43.2 Å². The number of aliphatic carboxylic acids is 1. The lowest BCUT2D eigenvalue weighted by Crippen LogP contribution is -2.32. The van der Waals surface area contributed by atoms with Crippen molar-refractivity contribution in [3.8, 4) is 0 Å². The van der Waals surface area contributed by atoms with E-state index in [4.69, 9.17) is 5.11 Å². The lowest BCUT2D eigenvalue weighted by Gasteiger charge is -2.16. The van der Waals surface area contributed by atoms with Crippen LogP contribution < -0.4 is 5.32 Å². The molecule has 4 nitrogen and oxygen atoms in total. The van der Waals surface area contributed by atoms with E-state index in [1.54, 1.807) is 6.07 Å². The number of hydrogen-bond donors (Lipinski definition) is 2. The number of rotatable bonds is 4. The summed E-state index contributed by atoms with van der Waals surface area (Å²) in [5.74, 6) is -1.19. The normalized spacial score (nSPS) is 22.4. The second-order valence-electron chi connectivity index (χ2n) is 4.58. The minimum Gasteiger partial charge on any atom is -0.481 e. The van der Waals surface area contributed by atoms with Crippen molar-refractivity contribution in [2.24, 2.45) is 11.8 Å². The largest absolute Gasteiger partial charge is 0.481 e. The zero-order chi connectivity index (χ0) is 14.0. The van der Waals surface area contributed by atoms with Gasteiger partial charge in [0.15, 0.2) is 0 Å². The SMILES string of the molecule is O=C(NCC1CCCC1C(=O)O)c1cc(Br)sc1Br. The maximum Gasteiger partial charge on any atom is 0.306 e. The highest BCUT2D eigenvalue weighted by atomic mass is 79.9. The molecule has 0 saturated heterocycles. The number of carboxylic acid groups (broad SMARTS) is 1. The summed E-state index contributed by atoms with van der Waals surface area (Å²) in [7, 11) is 0. The average Bonchev–Trinajstić information content (AvgIpc) is 2.92. The van der Waals surface area contributed by atoms with E-state index in [1.807, 2.05) is 0 Å². The van der Waals surface area contributed by atoms with E-state index < -0.39 is 5.97 Å². The molecule has 0 aromatic carbocycles. The van der Waals surface area contributed by atoms with Gasteiger partial charge in [0.1, 0.15) is 0 Å². The van der Waals surface area contributed by atoms with Gasteiger partial charge < -0.3 is 10.4 Å². The Kier molecular flexibility index (Phi) is 5.03. The quantitative estimate of drug-likeness (QED) is 0.798. The van der Waals surface area contributed by atoms with Gasteiger partial charge in [-0.2, -0.15) is 0 Å². The zero-order valence-electron chi connectivity index (χ0n) is 9.99. The molecule has 0 aliphatic heterocycles. The van der Waals surface area contributed by atoms with Gasteiger partial charge in [-0.05, 0) is 56.7 Å². The number of carboxylic acids is 1. The van der Waals surface area contributed by atoms with Crippen LogP contribution in [0.2, 0.25) is 0 Å². The van der Waals surface area contributed by atoms with Gasteiger partial charge in [-0.1, -0.05) is 6.42 Å². The molecule has 0 radical (unpaired) electrons. The lowest BCUT2D eigenvalue weighted by molar-refractivity contribution is -0.142. The van der Waals surface area contributed by atoms with Crippen LogP contribution in [-0.4, -0.2) is 23.5 Å². The second kappa shape index (κ2) is 6.37. The molecule has 7 heteroatoms. The predicted molar refractivity (Wildman–Crippen MR) is 80.5 cm³/mol. The first-order chi connectivity index (χ1) is 8.99. The molecule has 2 rings (SSSR count). The minimum atomic E-state index is -0.754. The minimum absolute atomic E-state index is 0.0438. The monoisotopic (exact) mass is 409 g/mol. The third kappa shape index (κ3) is 3.58. The van der Waals surface area contributed by atoms with Crippen molar-refractivity contribution in [2.75, 3.05) is 6.54 Å². The van der Waals surface area contributed by atoms with Crippen molar-refractivity contribution >= 4 is 55.1 Å². The fraction of sp³-hybridized carbons (Fsp3) is 0.500. The molecule has 104 valence electrons. The van der Waals surface area contributed by atoms with E-state index >= 15 is 0 Å². The summed E-state index contributed by atoms with van der Waals surface area (Å²) in [5.41, 5.74) is 0.585. The van der Waals surface area contributed by atoms with Crippen LogP contribution in [0.15, 0.2) is 13.6 Å². The third-order valence-corrected chi connectivity index (χ3v) is 5.74. The average molecular weight is 411 g/mol. The topological polar surface area (TPSA) is 66.4 Å². The Labute approximate surface area is 131 Å². The highest BCUT2D eigenvalue weighted by Gasteiger charge is 2.33. The van der Waals surface area contributed by atoms with Gasteiger partial charge in [0.25, 0.3) is 5.91 Å². The van der Waals surface area contributed by atoms with Gasteiger partial charge in [-0.25, -0.2) is 0 Å². The van der Waals surface area contributed by atoms with E-state index in [2.05, 4.69) is 37.2 Å². The van der Waals surface area contributed by atoms with Gasteiger partial charge in [0.05, 0.1) is 19.1 Å². The molecule has 19 heavy (non-hydrogen) atoms. The lowest BCUT2D eigenvalue weighted by atomic mass is 9.96. The van der Waals surface area contributed by atoms with Crippen molar-refractivity contribution in [1.82, 2.24) is 5.32 Å². The van der Waals surface area contributed by atoms with Crippen molar-refractivity contribution in [3.05, 3.63) is 19.2 Å². The molecule has 1 aliphatic rings. The first-order valence-corrected chi connectivity index (χ1v) is 8.35. The standard InChI is InChI=1S/C12H13Br2NO3S/c13-9-4-8(10(14)19-9)11(16)15-5-6-2-1-3-7(6)12(17)18/h4,6-7H,1-3,5H2,(H,15,16)(H,17,18). The van der Waals surface area contributed by atoms with Crippen LogP contribution in [-0.2, 0) is 4.79 Å². The molecule has 1 saturated carbocycles. The van der Waals surface area contributed by atoms with E-state index in [9.17, 15) is 9.59 Å². The summed E-state index contributed by atoms with van der Waals surface area (Å²) in [6.45, 7) is 0.426. The number of amides is 1. The first-order valence-electron chi connectivity index (χ1n) is 5.95. The summed E-state index contributed by atoms with van der Waals surface area (Å²) in [6.07, 6.45) is 2.50. The Hall–Kier alpha value is -0.400. The highest BCUT2D eigenvalue weighted by Crippen LogP contribution is 2.33. The fourth-order valence-corrected chi connectivity index (χ4v) is 5.21. The number of nitrogens with one attached hydrogen (secondary N) is 1. The number of hydrogen-bond acceptors (Lipinski definition) is 3. The summed E-state index contributed by atoms with van der Waals surface area (Å²) in [4.78, 5) is 23.1. The van der Waals surface area contributed by atoms with E-state index in [0.29, 0.717) is 18.5 Å². The van der Waals surface area contributed by atoms with Crippen molar-refractivity contribution in [2.45, 2.75) is 19.3 Å². The summed E-state index contributed by atoms with van der Waals surface area (Å²) in [5, 5.41) is 11.9. The molecule has 2 unspecified atom stereocenters. The third-order valence-electron chi connectivity index (χ3n) is 3.40. The molecule has 1 aromatic heterocycles. The summed E-state index contributed by atoms with van der Waals surface area (Å²) < 4.78 is 1.66. The van der Waals surface area contributed by atoms with Crippen LogP contribution in [0.25, 0.3) is 0 Å². The number of carbonyl (C=O) groups excluding carboxylic acids is 1. The summed E-state index contributed by atoms with van der Waals surface area (Å²) in [6, 6.07) is 1.76. The smallest absolute Gasteiger partial charge is 0.306 e. The number of carbonyl (C=O) groups is 2. The molecule has 2 atom stereocenters. The van der Waals surface area contributed by atoms with Crippen LogP contribution in [0.3, 0.4) is 0 Å². The Morgan fingerprint density at radius 3 is 2.74 bits per heavy atom. The molecule has 1 aromatic rings. The molecule has 0 spiro atoms. The molecular weight excluding hydrogens is 398 g/mol. The molecule has 1 fully saturated rings. The van der Waals surface area contributed by atoms with Gasteiger partial charge in [0.2, 0.25) is 0 Å². The summed E-state index contributed by atoms with van der Waals surface area (Å²) >= 11 is 8.11. The van der Waals surface area contributed by atoms with Crippen LogP contribution in [0.5, 0.6) is 0 Å². The Morgan fingerprint density at radius 1 is 1.42 bits per heavy atom. The molecule has 1 heterocycles. The van der Waals surface area contributed by atoms with Crippen molar-refractivity contribution in [1.29, 1.82) is 0 Å². The van der Waals surface area contributed by atoms with E-state index in [-0.39, 0.29) is 17.7 Å². The van der Waals surface area contributed by atoms with Gasteiger partial charge in [0, 0.05) is 6.54 Å². The Bertz CT molecular complexity index is 503. The Morgan fingerprint density at radius 2 is 2.16 bits per heavy atom. The fourth-order valence-electron chi connectivity index (χ4n) is 2.42. The van der Waals surface area contributed by atoms with E-state index in [1.165, 1.54) is 11.3 Å². The van der Waals surface area contributed by atoms with Gasteiger partial charge >= 0.3 is 5.97 Å². The van der Waals surface area contributed by atoms with Gasteiger partial charge in [-0.3, -0.25) is 9.59 Å². The molecule has 0 bridgehead atoms. The van der Waals surface area contributed by atoms with Crippen LogP contribution in [0.1, 0.15) is 29.6 Å². The van der Waals surface area contributed by atoms with Crippen molar-refractivity contribution in [3.63, 3.8) is 0 Å². The van der Waals surface area contributed by atoms with Crippen LogP contribution in [0.4, 0.5) is 0 Å². The molecule has 1 amide bonds. The second-order valence-corrected chi connectivity index (χ2v) is 8.33. The first kappa shape index (κ1) is 15.0. The highest BCUT2D eigenvalue weighted by molar-refractivity contribution is 9.12.